The molecule has 0 unspecified atom stereocenters. The van der Waals surface area contributed by atoms with Crippen LogP contribution in [0.4, 0.5) is 0 Å². The quantitative estimate of drug-likeness (QED) is 0.380. The van der Waals surface area contributed by atoms with Gasteiger partial charge in [-0.15, -0.1) is 0 Å². The van der Waals surface area contributed by atoms with Gasteiger partial charge >= 0.3 is 0 Å². The fraction of sp³-hybridized carbons (Fsp3) is 0.238. The SMILES string of the molecule is CCOc1cc(/C=C2/SC(=S)N(CC)C2=O)cc(Br)c1OCc1ccccc1. The molecule has 0 saturated carbocycles. The smallest absolute Gasteiger partial charge is 0.266 e. The van der Waals surface area contributed by atoms with E-state index in [1.807, 2.05) is 62.4 Å². The Morgan fingerprint density at radius 3 is 2.57 bits per heavy atom. The first-order valence-electron chi connectivity index (χ1n) is 8.92. The first-order valence-corrected chi connectivity index (χ1v) is 10.9. The Balaban J connectivity index is 1.87. The van der Waals surface area contributed by atoms with Crippen LogP contribution in [0.5, 0.6) is 11.5 Å². The van der Waals surface area contributed by atoms with Gasteiger partial charge in [0.15, 0.2) is 11.5 Å². The number of thiocarbonyl (C=S) groups is 1. The van der Waals surface area contributed by atoms with Gasteiger partial charge in [-0.05, 0) is 59.1 Å². The summed E-state index contributed by atoms with van der Waals surface area (Å²) in [5.41, 5.74) is 1.92. The number of ether oxygens (including phenoxy) is 2. The molecular formula is C21H20BrNO3S2. The van der Waals surface area contributed by atoms with Gasteiger partial charge in [-0.3, -0.25) is 9.69 Å². The highest BCUT2D eigenvalue weighted by molar-refractivity contribution is 9.10. The van der Waals surface area contributed by atoms with Gasteiger partial charge in [0.05, 0.1) is 16.0 Å². The summed E-state index contributed by atoms with van der Waals surface area (Å²) in [6.45, 7) is 5.36. The molecule has 1 fully saturated rings. The number of thioether (sulfide) groups is 1. The van der Waals surface area contributed by atoms with Gasteiger partial charge in [0, 0.05) is 6.54 Å². The molecule has 146 valence electrons. The van der Waals surface area contributed by atoms with Crippen molar-refractivity contribution in [1.82, 2.24) is 4.90 Å². The van der Waals surface area contributed by atoms with Crippen molar-refractivity contribution in [2.45, 2.75) is 20.5 Å². The summed E-state index contributed by atoms with van der Waals surface area (Å²) in [5, 5.41) is 0. The zero-order valence-corrected chi connectivity index (χ0v) is 18.8. The topological polar surface area (TPSA) is 38.8 Å². The van der Waals surface area contributed by atoms with E-state index in [0.29, 0.717) is 40.5 Å². The summed E-state index contributed by atoms with van der Waals surface area (Å²) in [4.78, 5) is 14.7. The standard InChI is InChI=1S/C21H20BrNO3S2/c1-3-23-20(24)18(28-21(23)27)12-15-10-16(22)19(17(11-15)25-4-2)26-13-14-8-6-5-7-9-14/h5-12H,3-4,13H2,1-2H3/b18-12+. The van der Waals surface area contributed by atoms with E-state index in [-0.39, 0.29) is 5.91 Å². The lowest BCUT2D eigenvalue weighted by molar-refractivity contribution is -0.121. The molecule has 2 aromatic rings. The van der Waals surface area contributed by atoms with Crippen LogP contribution in [-0.2, 0) is 11.4 Å². The maximum atomic E-state index is 12.5. The number of hydrogen-bond acceptors (Lipinski definition) is 5. The first-order chi connectivity index (χ1) is 13.5. The van der Waals surface area contributed by atoms with E-state index < -0.39 is 0 Å². The van der Waals surface area contributed by atoms with Gasteiger partial charge in [-0.1, -0.05) is 54.3 Å². The van der Waals surface area contributed by atoms with Crippen LogP contribution in [0.3, 0.4) is 0 Å². The third-order valence-corrected chi connectivity index (χ3v) is 6.01. The van der Waals surface area contributed by atoms with Crippen LogP contribution in [0.2, 0.25) is 0 Å². The number of benzene rings is 2. The third kappa shape index (κ3) is 4.77. The molecule has 1 saturated heterocycles. The summed E-state index contributed by atoms with van der Waals surface area (Å²) in [7, 11) is 0. The fourth-order valence-corrected chi connectivity index (χ4v) is 4.69. The molecule has 28 heavy (non-hydrogen) atoms. The van der Waals surface area contributed by atoms with E-state index in [1.54, 1.807) is 4.90 Å². The normalized spacial score (nSPS) is 15.4. The van der Waals surface area contributed by atoms with E-state index in [4.69, 9.17) is 21.7 Å². The Morgan fingerprint density at radius 2 is 1.93 bits per heavy atom. The molecule has 1 aliphatic heterocycles. The molecule has 0 N–H and O–H groups in total. The minimum atomic E-state index is -0.0593. The van der Waals surface area contributed by atoms with Gasteiger partial charge in [-0.2, -0.15) is 0 Å². The maximum absolute atomic E-state index is 12.5. The average Bonchev–Trinajstić information content (AvgIpc) is 2.94. The molecule has 0 aliphatic carbocycles. The Labute approximate surface area is 183 Å². The van der Waals surface area contributed by atoms with E-state index in [0.717, 1.165) is 15.6 Å². The molecule has 0 radical (unpaired) electrons. The lowest BCUT2D eigenvalue weighted by atomic mass is 10.1. The van der Waals surface area contributed by atoms with Crippen molar-refractivity contribution in [3.63, 3.8) is 0 Å². The number of hydrogen-bond donors (Lipinski definition) is 0. The van der Waals surface area contributed by atoms with Crippen LogP contribution in [0, 0.1) is 0 Å². The highest BCUT2D eigenvalue weighted by Gasteiger charge is 2.30. The second-order valence-electron chi connectivity index (χ2n) is 5.96. The van der Waals surface area contributed by atoms with E-state index in [9.17, 15) is 4.79 Å². The molecule has 1 aliphatic rings. The molecule has 4 nitrogen and oxygen atoms in total. The molecule has 0 bridgehead atoms. The van der Waals surface area contributed by atoms with E-state index in [2.05, 4.69) is 15.9 Å². The van der Waals surface area contributed by atoms with Crippen molar-refractivity contribution >= 4 is 56.2 Å². The Hall–Kier alpha value is -1.83. The lowest BCUT2D eigenvalue weighted by Crippen LogP contribution is -2.27. The lowest BCUT2D eigenvalue weighted by Gasteiger charge is -2.15. The molecule has 3 rings (SSSR count). The largest absolute Gasteiger partial charge is 0.490 e. The Kier molecular flexibility index (Phi) is 7.15. The minimum Gasteiger partial charge on any atom is -0.490 e. The zero-order valence-electron chi connectivity index (χ0n) is 15.6. The molecular weight excluding hydrogens is 458 g/mol. The summed E-state index contributed by atoms with van der Waals surface area (Å²) >= 11 is 10.2. The highest BCUT2D eigenvalue weighted by Crippen LogP contribution is 2.39. The van der Waals surface area contributed by atoms with Gasteiger partial charge in [-0.25, -0.2) is 0 Å². The maximum Gasteiger partial charge on any atom is 0.266 e. The monoisotopic (exact) mass is 477 g/mol. The fourth-order valence-electron chi connectivity index (χ4n) is 2.73. The first kappa shape index (κ1) is 20.9. The number of carbonyl (C=O) groups is 1. The van der Waals surface area contributed by atoms with Crippen LogP contribution >= 0.6 is 39.9 Å². The molecule has 1 heterocycles. The molecule has 1 amide bonds. The van der Waals surface area contributed by atoms with Gasteiger partial charge < -0.3 is 9.47 Å². The van der Waals surface area contributed by atoms with Crippen LogP contribution in [0.15, 0.2) is 51.8 Å². The Bertz CT molecular complexity index is 915. The van der Waals surface area contributed by atoms with Crippen LogP contribution in [0.25, 0.3) is 6.08 Å². The van der Waals surface area contributed by atoms with Gasteiger partial charge in [0.2, 0.25) is 0 Å². The summed E-state index contributed by atoms with van der Waals surface area (Å²) in [5.74, 6) is 1.21. The highest BCUT2D eigenvalue weighted by atomic mass is 79.9. The van der Waals surface area contributed by atoms with Crippen LogP contribution in [-0.4, -0.2) is 28.3 Å². The molecule has 2 aromatic carbocycles. The van der Waals surface area contributed by atoms with Crippen molar-refractivity contribution < 1.29 is 14.3 Å². The number of likely N-dealkylation sites (N-methyl/N-ethyl adjacent to an activating group) is 1. The number of halogens is 1. The Morgan fingerprint density at radius 1 is 1.18 bits per heavy atom. The van der Waals surface area contributed by atoms with Crippen molar-refractivity contribution in [3.8, 4) is 11.5 Å². The second kappa shape index (κ2) is 9.58. The number of carbonyl (C=O) groups excluding carboxylic acids is 1. The summed E-state index contributed by atoms with van der Waals surface area (Å²) in [6, 6.07) is 13.8. The predicted octanol–water partition coefficient (Wildman–Crippen LogP) is 5.65. The second-order valence-corrected chi connectivity index (χ2v) is 8.49. The number of amides is 1. The number of rotatable bonds is 7. The van der Waals surface area contributed by atoms with Crippen LogP contribution < -0.4 is 9.47 Å². The van der Waals surface area contributed by atoms with Gasteiger partial charge in [0.25, 0.3) is 5.91 Å². The zero-order chi connectivity index (χ0) is 20.1. The molecule has 0 aromatic heterocycles. The molecule has 0 atom stereocenters. The minimum absolute atomic E-state index is 0.0593. The molecule has 7 heteroatoms. The number of nitrogens with zero attached hydrogens (tertiary/aromatic N) is 1. The van der Waals surface area contributed by atoms with Crippen molar-refractivity contribution in [2.24, 2.45) is 0 Å². The average molecular weight is 478 g/mol. The third-order valence-electron chi connectivity index (χ3n) is 4.05. The predicted molar refractivity (Wildman–Crippen MR) is 122 cm³/mol. The summed E-state index contributed by atoms with van der Waals surface area (Å²) < 4.78 is 13.2. The van der Waals surface area contributed by atoms with Crippen LogP contribution in [0.1, 0.15) is 25.0 Å². The van der Waals surface area contributed by atoms with Gasteiger partial charge in [0.1, 0.15) is 10.9 Å². The van der Waals surface area contributed by atoms with E-state index >= 15 is 0 Å². The van der Waals surface area contributed by atoms with Crippen molar-refractivity contribution in [3.05, 3.63) is 63.0 Å². The van der Waals surface area contributed by atoms with E-state index in [1.165, 1.54) is 11.8 Å². The molecule has 0 spiro atoms. The van der Waals surface area contributed by atoms with Crippen molar-refractivity contribution in [1.29, 1.82) is 0 Å². The van der Waals surface area contributed by atoms with Crippen molar-refractivity contribution in [2.75, 3.05) is 13.2 Å². The summed E-state index contributed by atoms with van der Waals surface area (Å²) in [6.07, 6.45) is 1.84.